The van der Waals surface area contributed by atoms with E-state index >= 15 is 0 Å². The van der Waals surface area contributed by atoms with Crippen LogP contribution < -0.4 is 16.0 Å². The topological polar surface area (TPSA) is 143 Å². The number of ketones is 4. The Kier molecular flexibility index (Phi) is 12.0. The second-order valence-electron chi connectivity index (χ2n) is 10.5. The molecule has 0 atom stereocenters. The van der Waals surface area contributed by atoms with Crippen molar-refractivity contribution in [3.63, 3.8) is 0 Å². The zero-order chi connectivity index (χ0) is 33.8. The van der Waals surface area contributed by atoms with Crippen LogP contribution in [0.4, 0.5) is 34.9 Å². The molecule has 0 fully saturated rings. The maximum atomic E-state index is 12.3. The van der Waals surface area contributed by atoms with Crippen LogP contribution in [0.25, 0.3) is 12.2 Å². The van der Waals surface area contributed by atoms with Gasteiger partial charge in [-0.1, -0.05) is 70.2 Å². The lowest BCUT2D eigenvalue weighted by molar-refractivity contribution is -0.122. The molecule has 0 aliphatic heterocycles. The van der Waals surface area contributed by atoms with Crippen LogP contribution in [0.2, 0.25) is 0 Å². The molecule has 4 rings (SSSR count). The molecule has 0 saturated heterocycles. The van der Waals surface area contributed by atoms with Crippen LogP contribution in [0.3, 0.4) is 0 Å². The van der Waals surface area contributed by atoms with Crippen LogP contribution in [0.1, 0.15) is 64.5 Å². The maximum Gasteiger partial charge on any atom is 0.233 e. The molecule has 0 saturated carbocycles. The Labute approximate surface area is 274 Å². The van der Waals surface area contributed by atoms with Crippen molar-refractivity contribution in [3.8, 4) is 0 Å². The van der Waals surface area contributed by atoms with Gasteiger partial charge in [-0.2, -0.15) is 15.0 Å². The van der Waals surface area contributed by atoms with Crippen molar-refractivity contribution in [2.24, 2.45) is 0 Å². The summed E-state index contributed by atoms with van der Waals surface area (Å²) >= 11 is 0. The minimum absolute atomic E-state index is 0.184. The predicted octanol–water partition coefficient (Wildman–Crippen LogP) is 7.79. The molecule has 0 unspecified atom stereocenters. The summed E-state index contributed by atoms with van der Waals surface area (Å²) in [5.74, 6) is 0.110. The van der Waals surface area contributed by atoms with Crippen molar-refractivity contribution in [2.75, 3.05) is 16.0 Å². The highest BCUT2D eigenvalue weighted by atomic mass is 16.2. The van der Waals surface area contributed by atoms with Crippen LogP contribution in [-0.2, 0) is 19.2 Å². The van der Waals surface area contributed by atoms with Crippen molar-refractivity contribution in [1.29, 1.82) is 0 Å². The number of carbonyl (C=O) groups excluding carboxylic acids is 4. The first-order chi connectivity index (χ1) is 22.7. The van der Waals surface area contributed by atoms with Gasteiger partial charge in [0.15, 0.2) is 23.1 Å². The van der Waals surface area contributed by atoms with E-state index in [9.17, 15) is 19.2 Å². The fourth-order valence-electron chi connectivity index (χ4n) is 4.51. The highest BCUT2D eigenvalue weighted by molar-refractivity contribution is 6.23. The molecule has 10 heteroatoms. The van der Waals surface area contributed by atoms with Gasteiger partial charge >= 0.3 is 0 Å². The first-order valence-electron chi connectivity index (χ1n) is 15.6. The number of anilines is 6. The highest BCUT2D eigenvalue weighted by Gasteiger charge is 2.16. The first-order valence-corrected chi connectivity index (χ1v) is 15.6. The minimum atomic E-state index is -0.184. The van der Waals surface area contributed by atoms with Crippen molar-refractivity contribution in [3.05, 3.63) is 101 Å². The van der Waals surface area contributed by atoms with Gasteiger partial charge in [0, 0.05) is 42.7 Å². The van der Waals surface area contributed by atoms with Crippen LogP contribution >= 0.6 is 0 Å². The Morgan fingerprint density at radius 2 is 0.766 bits per heavy atom. The number of nitrogens with zero attached hydrogens (tertiary/aromatic N) is 3. The number of allylic oxidation sites excluding steroid dienone is 2. The number of nitrogens with one attached hydrogen (secondary N) is 3. The zero-order valence-corrected chi connectivity index (χ0v) is 27.0. The van der Waals surface area contributed by atoms with Crippen molar-refractivity contribution in [1.82, 2.24) is 15.0 Å². The van der Waals surface area contributed by atoms with Gasteiger partial charge in [-0.05, 0) is 59.7 Å². The van der Waals surface area contributed by atoms with Crippen molar-refractivity contribution < 1.29 is 19.2 Å². The SMILES string of the molecule is CCC(=O)C(=Cc1ccc(Nc2nc(Nc3ccccc3)nc(Nc3ccc(C=C(C(=O)CC)C(=O)CC)cc3)n2)cc1)C(=O)CC. The quantitative estimate of drug-likeness (QED) is 0.0638. The van der Waals surface area contributed by atoms with Gasteiger partial charge in [0.25, 0.3) is 0 Å². The summed E-state index contributed by atoms with van der Waals surface area (Å²) in [5.41, 5.74) is 4.02. The smallest absolute Gasteiger partial charge is 0.233 e. The van der Waals surface area contributed by atoms with E-state index in [4.69, 9.17) is 0 Å². The summed E-state index contributed by atoms with van der Waals surface area (Å²) in [6, 6.07) is 24.0. The van der Waals surface area contributed by atoms with Gasteiger partial charge in [-0.15, -0.1) is 0 Å². The lowest BCUT2D eigenvalue weighted by Gasteiger charge is -2.12. The Hall–Kier alpha value is -5.77. The molecule has 0 amide bonds. The van der Waals surface area contributed by atoms with E-state index in [1.807, 2.05) is 54.6 Å². The van der Waals surface area contributed by atoms with E-state index in [2.05, 4.69) is 30.9 Å². The predicted molar refractivity (Wildman–Crippen MR) is 186 cm³/mol. The summed E-state index contributed by atoms with van der Waals surface area (Å²) in [5, 5.41) is 9.59. The third-order valence-corrected chi connectivity index (χ3v) is 7.11. The zero-order valence-electron chi connectivity index (χ0n) is 27.0. The lowest BCUT2D eigenvalue weighted by atomic mass is 10.00. The van der Waals surface area contributed by atoms with E-state index in [0.29, 0.717) is 17.3 Å². The van der Waals surface area contributed by atoms with Crippen molar-refractivity contribution >= 4 is 70.2 Å². The number of hydrogen-bond donors (Lipinski definition) is 3. The maximum absolute atomic E-state index is 12.3. The van der Waals surface area contributed by atoms with Crippen molar-refractivity contribution in [2.45, 2.75) is 53.4 Å². The number of hydrogen-bond acceptors (Lipinski definition) is 10. The Morgan fingerprint density at radius 3 is 1.06 bits per heavy atom. The molecule has 0 bridgehead atoms. The van der Waals surface area contributed by atoms with E-state index in [1.165, 1.54) is 0 Å². The molecule has 1 heterocycles. The third-order valence-electron chi connectivity index (χ3n) is 7.11. The number of benzene rings is 3. The van der Waals surface area contributed by atoms with E-state index in [1.54, 1.807) is 64.1 Å². The number of para-hydroxylation sites is 1. The third kappa shape index (κ3) is 9.61. The molecule has 4 aromatic rings. The summed E-state index contributed by atoms with van der Waals surface area (Å²) in [4.78, 5) is 62.9. The molecule has 0 aliphatic rings. The van der Waals surface area contributed by atoms with Crippen LogP contribution in [0, 0.1) is 0 Å². The fourth-order valence-corrected chi connectivity index (χ4v) is 4.51. The largest absolute Gasteiger partial charge is 0.324 e. The monoisotopic (exact) mass is 630 g/mol. The molecule has 1 aromatic heterocycles. The van der Waals surface area contributed by atoms with Gasteiger partial charge in [0.1, 0.15) is 0 Å². The normalized spacial score (nSPS) is 10.4. The average Bonchev–Trinajstić information content (AvgIpc) is 3.10. The minimum Gasteiger partial charge on any atom is -0.324 e. The standard InChI is InChI=1S/C37H38N6O4/c1-5-31(44)29(32(45)6-2)22-24-14-18-27(19-15-24)39-36-41-35(38-26-12-10-9-11-13-26)42-37(43-36)40-28-20-16-25(17-21-28)23-30(33(46)7-3)34(47)8-4/h9-23H,5-8H2,1-4H3,(H3,38,39,40,41,42,43). The molecule has 240 valence electrons. The highest BCUT2D eigenvalue weighted by Crippen LogP contribution is 2.23. The number of rotatable bonds is 16. The van der Waals surface area contributed by atoms with Gasteiger partial charge in [0.05, 0.1) is 11.1 Å². The van der Waals surface area contributed by atoms with Crippen LogP contribution in [-0.4, -0.2) is 38.1 Å². The Bertz CT molecular complexity index is 1650. The van der Waals surface area contributed by atoms with Gasteiger partial charge in [0.2, 0.25) is 17.8 Å². The fraction of sp³-hybridized carbons (Fsp3) is 0.216. The van der Waals surface area contributed by atoms with E-state index in [-0.39, 0.29) is 71.9 Å². The Morgan fingerprint density at radius 1 is 0.468 bits per heavy atom. The van der Waals surface area contributed by atoms with Crippen LogP contribution in [0.5, 0.6) is 0 Å². The molecule has 0 radical (unpaired) electrons. The number of Topliss-reactive ketones (excluding diaryl/α,β-unsaturated/α-hetero) is 4. The summed E-state index contributed by atoms with van der Waals surface area (Å²) in [7, 11) is 0. The van der Waals surface area contributed by atoms with Gasteiger partial charge < -0.3 is 16.0 Å². The molecule has 3 N–H and O–H groups in total. The second kappa shape index (κ2) is 16.5. The summed E-state index contributed by atoms with van der Waals surface area (Å²) in [6.07, 6.45) is 4.28. The van der Waals surface area contributed by atoms with E-state index < -0.39 is 0 Å². The van der Waals surface area contributed by atoms with Gasteiger partial charge in [-0.25, -0.2) is 0 Å². The Balaban J connectivity index is 1.60. The molecule has 0 aliphatic carbocycles. The summed E-state index contributed by atoms with van der Waals surface area (Å²) in [6.45, 7) is 6.95. The second-order valence-corrected chi connectivity index (χ2v) is 10.5. The number of carbonyl (C=O) groups is 4. The first kappa shape index (κ1) is 34.1. The van der Waals surface area contributed by atoms with E-state index in [0.717, 1.165) is 16.8 Å². The van der Waals surface area contributed by atoms with Crippen LogP contribution in [0.15, 0.2) is 90.0 Å². The van der Waals surface area contributed by atoms with Gasteiger partial charge in [-0.3, -0.25) is 19.2 Å². The summed E-state index contributed by atoms with van der Waals surface area (Å²) < 4.78 is 0. The molecule has 0 spiro atoms. The molecule has 47 heavy (non-hydrogen) atoms. The molecule has 10 nitrogen and oxygen atoms in total. The average molecular weight is 631 g/mol. The molecule has 3 aromatic carbocycles. The number of aromatic nitrogens is 3. The molecular formula is C37H38N6O4. The lowest BCUT2D eigenvalue weighted by Crippen LogP contribution is -2.11. The molecular weight excluding hydrogens is 592 g/mol.